The number of hydrogen-bond donors (Lipinski definition) is 1. The summed E-state index contributed by atoms with van der Waals surface area (Å²) in [7, 11) is -3.55. The van der Waals surface area contributed by atoms with Gasteiger partial charge in [0.15, 0.2) is 0 Å². The zero-order chi connectivity index (χ0) is 16.2. The number of aryl methyl sites for hydroxylation is 3. The summed E-state index contributed by atoms with van der Waals surface area (Å²) in [6.07, 6.45) is 3.24. The van der Waals surface area contributed by atoms with Gasteiger partial charge in [-0.15, -0.1) is 0 Å². The van der Waals surface area contributed by atoms with Crippen molar-refractivity contribution in [2.24, 2.45) is 0 Å². The Kier molecular flexibility index (Phi) is 5.24. The molecule has 0 bridgehead atoms. The van der Waals surface area contributed by atoms with Crippen LogP contribution in [0.5, 0.6) is 0 Å². The number of para-hydroxylation sites is 1. The van der Waals surface area contributed by atoms with Crippen LogP contribution in [-0.2, 0) is 16.4 Å². The lowest BCUT2D eigenvalue weighted by atomic mass is 10.1. The van der Waals surface area contributed by atoms with Crippen molar-refractivity contribution in [3.05, 3.63) is 59.2 Å². The van der Waals surface area contributed by atoms with Crippen LogP contribution in [0.3, 0.4) is 0 Å². The van der Waals surface area contributed by atoms with Gasteiger partial charge in [-0.05, 0) is 55.5 Å². The molecule has 1 N–H and O–H groups in total. The van der Waals surface area contributed by atoms with Crippen LogP contribution in [-0.4, -0.2) is 8.42 Å². The summed E-state index contributed by atoms with van der Waals surface area (Å²) in [4.78, 5) is 0.301. The van der Waals surface area contributed by atoms with Gasteiger partial charge in [0.05, 0.1) is 10.6 Å². The molecule has 0 atom stereocenters. The highest BCUT2D eigenvalue weighted by atomic mass is 32.2. The van der Waals surface area contributed by atoms with E-state index in [1.165, 1.54) is 5.56 Å². The standard InChI is InChI=1S/C18H23NO2S/c1-4-5-9-16-10-12-17(13-11-16)22(20,21)19-18-14(2)7-6-8-15(18)3/h6-8,10-13,19H,4-5,9H2,1-3H3. The Morgan fingerprint density at radius 2 is 1.55 bits per heavy atom. The van der Waals surface area contributed by atoms with Crippen LogP contribution in [0.4, 0.5) is 5.69 Å². The maximum absolute atomic E-state index is 12.5. The fourth-order valence-electron chi connectivity index (χ4n) is 2.38. The lowest BCUT2D eigenvalue weighted by Crippen LogP contribution is -2.14. The Morgan fingerprint density at radius 1 is 0.955 bits per heavy atom. The maximum Gasteiger partial charge on any atom is 0.261 e. The number of benzene rings is 2. The molecule has 2 aromatic carbocycles. The van der Waals surface area contributed by atoms with Crippen molar-refractivity contribution in [1.82, 2.24) is 0 Å². The lowest BCUT2D eigenvalue weighted by molar-refractivity contribution is 0.601. The van der Waals surface area contributed by atoms with E-state index in [4.69, 9.17) is 0 Å². The summed E-state index contributed by atoms with van der Waals surface area (Å²) in [6, 6.07) is 12.9. The van der Waals surface area contributed by atoms with Crippen molar-refractivity contribution >= 4 is 15.7 Å². The van der Waals surface area contributed by atoms with Gasteiger partial charge in [-0.1, -0.05) is 43.7 Å². The highest BCUT2D eigenvalue weighted by Gasteiger charge is 2.16. The molecular formula is C18H23NO2S. The number of anilines is 1. The van der Waals surface area contributed by atoms with Gasteiger partial charge in [0, 0.05) is 0 Å². The predicted molar refractivity (Wildman–Crippen MR) is 91.8 cm³/mol. The third-order valence-corrected chi connectivity index (χ3v) is 5.14. The first kappa shape index (κ1) is 16.6. The van der Waals surface area contributed by atoms with Gasteiger partial charge in [0.25, 0.3) is 10.0 Å². The van der Waals surface area contributed by atoms with Gasteiger partial charge in [0.1, 0.15) is 0 Å². The molecule has 0 aliphatic heterocycles. The van der Waals surface area contributed by atoms with Crippen LogP contribution < -0.4 is 4.72 Å². The van der Waals surface area contributed by atoms with Crippen molar-refractivity contribution in [3.63, 3.8) is 0 Å². The minimum absolute atomic E-state index is 0.301. The molecule has 22 heavy (non-hydrogen) atoms. The zero-order valence-electron chi connectivity index (χ0n) is 13.4. The molecule has 0 saturated carbocycles. The minimum Gasteiger partial charge on any atom is -0.279 e. The Balaban J connectivity index is 2.23. The van der Waals surface area contributed by atoms with Crippen LogP contribution in [0.25, 0.3) is 0 Å². The van der Waals surface area contributed by atoms with E-state index in [0.29, 0.717) is 10.6 Å². The van der Waals surface area contributed by atoms with E-state index in [-0.39, 0.29) is 0 Å². The normalized spacial score (nSPS) is 11.4. The molecule has 3 nitrogen and oxygen atoms in total. The summed E-state index contributed by atoms with van der Waals surface area (Å²) in [5.74, 6) is 0. The van der Waals surface area contributed by atoms with Crippen LogP contribution >= 0.6 is 0 Å². The second-order valence-electron chi connectivity index (χ2n) is 5.62. The van der Waals surface area contributed by atoms with Crippen molar-refractivity contribution in [1.29, 1.82) is 0 Å². The molecule has 0 heterocycles. The third kappa shape index (κ3) is 3.89. The molecule has 0 saturated heterocycles. The average Bonchev–Trinajstić information content (AvgIpc) is 2.49. The molecule has 2 aromatic rings. The van der Waals surface area contributed by atoms with Gasteiger partial charge in [-0.25, -0.2) is 8.42 Å². The monoisotopic (exact) mass is 317 g/mol. The van der Waals surface area contributed by atoms with Gasteiger partial charge in [0.2, 0.25) is 0 Å². The molecule has 0 unspecified atom stereocenters. The number of unbranched alkanes of at least 4 members (excludes halogenated alkanes) is 1. The fourth-order valence-corrected chi connectivity index (χ4v) is 3.59. The minimum atomic E-state index is -3.55. The predicted octanol–water partition coefficient (Wildman–Crippen LogP) is 4.45. The highest BCUT2D eigenvalue weighted by molar-refractivity contribution is 7.92. The lowest BCUT2D eigenvalue weighted by Gasteiger charge is -2.13. The molecule has 0 radical (unpaired) electrons. The smallest absolute Gasteiger partial charge is 0.261 e. The quantitative estimate of drug-likeness (QED) is 0.855. The van der Waals surface area contributed by atoms with E-state index in [1.807, 2.05) is 44.2 Å². The number of nitrogens with one attached hydrogen (secondary N) is 1. The molecule has 4 heteroatoms. The van der Waals surface area contributed by atoms with Crippen molar-refractivity contribution in [2.75, 3.05) is 4.72 Å². The SMILES string of the molecule is CCCCc1ccc(S(=O)(=O)Nc2c(C)cccc2C)cc1. The second kappa shape index (κ2) is 6.97. The number of rotatable bonds is 6. The van der Waals surface area contributed by atoms with Gasteiger partial charge in [-0.2, -0.15) is 0 Å². The van der Waals surface area contributed by atoms with E-state index >= 15 is 0 Å². The first-order chi connectivity index (χ1) is 10.4. The average molecular weight is 317 g/mol. The molecule has 0 aliphatic rings. The van der Waals surface area contributed by atoms with E-state index in [1.54, 1.807) is 12.1 Å². The molecule has 0 fully saturated rings. The van der Waals surface area contributed by atoms with E-state index in [2.05, 4.69) is 11.6 Å². The Hall–Kier alpha value is -1.81. The Bertz CT molecular complexity index is 714. The van der Waals surface area contributed by atoms with Crippen LogP contribution in [0.1, 0.15) is 36.5 Å². The summed E-state index contributed by atoms with van der Waals surface area (Å²) < 4.78 is 27.7. The third-order valence-electron chi connectivity index (χ3n) is 3.77. The second-order valence-corrected chi connectivity index (χ2v) is 7.30. The Labute approximate surface area is 133 Å². The molecule has 2 rings (SSSR count). The van der Waals surface area contributed by atoms with Crippen LogP contribution in [0, 0.1) is 13.8 Å². The van der Waals surface area contributed by atoms with Crippen molar-refractivity contribution < 1.29 is 8.42 Å². The van der Waals surface area contributed by atoms with Gasteiger partial charge >= 0.3 is 0 Å². The van der Waals surface area contributed by atoms with Gasteiger partial charge < -0.3 is 0 Å². The molecule has 0 spiro atoms. The summed E-state index contributed by atoms with van der Waals surface area (Å²) >= 11 is 0. The van der Waals surface area contributed by atoms with Crippen LogP contribution in [0.2, 0.25) is 0 Å². The highest BCUT2D eigenvalue weighted by Crippen LogP contribution is 2.23. The summed E-state index contributed by atoms with van der Waals surface area (Å²) in [6.45, 7) is 5.95. The van der Waals surface area contributed by atoms with Crippen LogP contribution in [0.15, 0.2) is 47.4 Å². The Morgan fingerprint density at radius 3 is 2.09 bits per heavy atom. The molecule has 0 aromatic heterocycles. The largest absolute Gasteiger partial charge is 0.279 e. The number of hydrogen-bond acceptors (Lipinski definition) is 2. The molecule has 0 aliphatic carbocycles. The maximum atomic E-state index is 12.5. The van der Waals surface area contributed by atoms with E-state index in [0.717, 1.165) is 30.4 Å². The topological polar surface area (TPSA) is 46.2 Å². The number of sulfonamides is 1. The fraction of sp³-hybridized carbons (Fsp3) is 0.333. The molecular weight excluding hydrogens is 294 g/mol. The molecule has 0 amide bonds. The van der Waals surface area contributed by atoms with E-state index in [9.17, 15) is 8.42 Å². The van der Waals surface area contributed by atoms with Crippen molar-refractivity contribution in [3.8, 4) is 0 Å². The summed E-state index contributed by atoms with van der Waals surface area (Å²) in [5.41, 5.74) is 3.68. The summed E-state index contributed by atoms with van der Waals surface area (Å²) in [5, 5.41) is 0. The van der Waals surface area contributed by atoms with E-state index < -0.39 is 10.0 Å². The van der Waals surface area contributed by atoms with Crippen molar-refractivity contribution in [2.45, 2.75) is 44.9 Å². The first-order valence-electron chi connectivity index (χ1n) is 7.62. The van der Waals surface area contributed by atoms with Gasteiger partial charge in [-0.3, -0.25) is 4.72 Å². The first-order valence-corrected chi connectivity index (χ1v) is 9.10. The molecule has 118 valence electrons. The zero-order valence-corrected chi connectivity index (χ0v) is 14.2.